The largest absolute Gasteiger partial charge is 0.480 e. The van der Waals surface area contributed by atoms with Crippen molar-refractivity contribution in [2.45, 2.75) is 160 Å². The molecular weight excluding hydrogens is 829 g/mol. The topological polar surface area (TPSA) is 229 Å². The van der Waals surface area contributed by atoms with Crippen molar-refractivity contribution in [3.8, 4) is 0 Å². The fourth-order valence-corrected chi connectivity index (χ4v) is 7.14. The van der Waals surface area contributed by atoms with Gasteiger partial charge in [0.25, 0.3) is 0 Å². The van der Waals surface area contributed by atoms with Gasteiger partial charge in [0.05, 0.1) is 25.4 Å². The summed E-state index contributed by atoms with van der Waals surface area (Å²) >= 11 is 0. The van der Waals surface area contributed by atoms with Crippen molar-refractivity contribution in [2.75, 3.05) is 19.8 Å². The Morgan fingerprint density at radius 3 is 1.98 bits per heavy atom. The molecule has 0 heterocycles. The van der Waals surface area contributed by atoms with Crippen LogP contribution in [-0.4, -0.2) is 88.1 Å². The van der Waals surface area contributed by atoms with Crippen molar-refractivity contribution in [1.29, 1.82) is 0 Å². The lowest BCUT2D eigenvalue weighted by Crippen LogP contribution is -2.34. The monoisotopic (exact) mass is 906 g/mol. The molecule has 0 aliphatic heterocycles. The van der Waals surface area contributed by atoms with Crippen molar-refractivity contribution in [3.63, 3.8) is 0 Å². The van der Waals surface area contributed by atoms with Crippen LogP contribution in [-0.2, 0) is 42.3 Å². The second-order valence-corrected chi connectivity index (χ2v) is 17.0. The zero-order valence-electron chi connectivity index (χ0n) is 37.6. The Kier molecular flexibility index (Phi) is 33.2. The van der Waals surface area contributed by atoms with Crippen LogP contribution < -0.4 is 5.73 Å². The van der Waals surface area contributed by atoms with Crippen molar-refractivity contribution in [1.82, 2.24) is 0 Å². The Morgan fingerprint density at radius 2 is 1.35 bits per heavy atom. The van der Waals surface area contributed by atoms with E-state index in [0.29, 0.717) is 32.1 Å². The number of rotatable bonds is 37. The molecule has 1 aliphatic carbocycles. The second-order valence-electron chi connectivity index (χ2n) is 15.6. The molecule has 0 aromatic rings. The standard InChI is InChI=1S/C48H76NO13P/c1-3-5-7-8-9-10-11-12-13-14-15-16-17-18-19-20-21-22-27-31-46(53)59-36-40(37-60-63(57,58)61-38-43(49)48(55)56)62-47(54)32-28-24-23-26-30-41-42(45(52)35-44(41)51)34-33-39(50)29-25-6-4-2/h5,7,9-10,12-13,15-16,18-19,23,26,33-34,39-44,50-51H,3-4,6,8,11,14,17,20-22,24-25,27-32,35-38,49H2,1-2H3,(H,55,56)(H,57,58)/b7-5-,10-9-,13-12-,16-15-,19-18-,26-23-,34-33+/t39-,40+,41+,42+,43-,44-/m0/s1. The van der Waals surface area contributed by atoms with Gasteiger partial charge in [-0.2, -0.15) is 0 Å². The summed E-state index contributed by atoms with van der Waals surface area (Å²) in [6.07, 6.45) is 38.7. The molecule has 1 aliphatic rings. The number of carboxylic acid groups (broad SMARTS) is 1. The number of allylic oxidation sites excluding steroid dienone is 13. The third-order valence-electron chi connectivity index (χ3n) is 10.0. The average Bonchev–Trinajstić information content (AvgIpc) is 3.52. The highest BCUT2D eigenvalue weighted by Crippen LogP contribution is 2.43. The SMILES string of the molecule is CC/C=C\C/C=C\C/C=C\C/C=C\C/C=C\CCCCCC(=O)OC[C@H](COP(=O)(O)OC[C@H](N)C(=O)O)OC(=O)CCC/C=C\C[C@H]1[C@@H](O)CC(=O)[C@@H]1/C=C/[C@@H](O)CCCCC. The fraction of sp³-hybridized carbons (Fsp3) is 0.625. The maximum Gasteiger partial charge on any atom is 0.472 e. The molecule has 0 radical (unpaired) electrons. The number of hydrogen-bond donors (Lipinski definition) is 5. The van der Waals surface area contributed by atoms with E-state index in [1.165, 1.54) is 0 Å². The summed E-state index contributed by atoms with van der Waals surface area (Å²) in [5.41, 5.74) is 5.33. The number of phosphoric acid groups is 1. The van der Waals surface area contributed by atoms with Gasteiger partial charge < -0.3 is 35.4 Å². The molecular formula is C48H76NO13P. The van der Waals surface area contributed by atoms with E-state index in [1.54, 1.807) is 12.2 Å². The first kappa shape index (κ1) is 57.3. The van der Waals surface area contributed by atoms with E-state index in [1.807, 2.05) is 12.2 Å². The maximum atomic E-state index is 12.7. The summed E-state index contributed by atoms with van der Waals surface area (Å²) in [6.45, 7) is 2.26. The second kappa shape index (κ2) is 36.6. The molecule has 15 heteroatoms. The van der Waals surface area contributed by atoms with Crippen LogP contribution >= 0.6 is 7.82 Å². The molecule has 0 bridgehead atoms. The van der Waals surface area contributed by atoms with E-state index >= 15 is 0 Å². The number of esters is 2. The van der Waals surface area contributed by atoms with Crippen molar-refractivity contribution in [3.05, 3.63) is 85.1 Å². The number of carbonyl (C=O) groups is 4. The van der Waals surface area contributed by atoms with E-state index in [0.717, 1.165) is 70.6 Å². The van der Waals surface area contributed by atoms with E-state index in [-0.39, 0.29) is 31.0 Å². The van der Waals surface area contributed by atoms with E-state index < -0.39 is 75.8 Å². The molecule has 0 aromatic heterocycles. The molecule has 1 unspecified atom stereocenters. The van der Waals surface area contributed by atoms with Gasteiger partial charge in [0.2, 0.25) is 0 Å². The predicted octanol–water partition coefficient (Wildman–Crippen LogP) is 8.87. The molecule has 1 rings (SSSR count). The normalized spacial score (nSPS) is 19.7. The number of ether oxygens (including phenoxy) is 2. The fourth-order valence-electron chi connectivity index (χ4n) is 6.36. The van der Waals surface area contributed by atoms with Crippen LogP contribution in [0.3, 0.4) is 0 Å². The van der Waals surface area contributed by atoms with Gasteiger partial charge in [0.15, 0.2) is 6.10 Å². The van der Waals surface area contributed by atoms with Gasteiger partial charge in [-0.25, -0.2) is 4.57 Å². The first-order valence-corrected chi connectivity index (χ1v) is 24.2. The predicted molar refractivity (Wildman–Crippen MR) is 245 cm³/mol. The number of aliphatic carboxylic acids is 1. The highest BCUT2D eigenvalue weighted by Gasteiger charge is 2.39. The Labute approximate surface area is 375 Å². The van der Waals surface area contributed by atoms with E-state index in [4.69, 9.17) is 24.8 Å². The Bertz CT molecular complexity index is 1550. The van der Waals surface area contributed by atoms with Gasteiger partial charge in [0, 0.05) is 31.1 Å². The molecule has 0 amide bonds. The van der Waals surface area contributed by atoms with Crippen molar-refractivity contribution < 1.29 is 62.5 Å². The van der Waals surface area contributed by atoms with Gasteiger partial charge in [-0.3, -0.25) is 28.2 Å². The minimum Gasteiger partial charge on any atom is -0.480 e. The minimum absolute atomic E-state index is 0.0424. The molecule has 0 spiro atoms. The Hall–Kier alpha value is -3.75. The number of nitrogens with two attached hydrogens (primary N) is 1. The number of hydrogen-bond acceptors (Lipinski definition) is 12. The number of aliphatic hydroxyl groups is 2. The summed E-state index contributed by atoms with van der Waals surface area (Å²) in [4.78, 5) is 58.8. The number of ketones is 1. The minimum atomic E-state index is -4.81. The number of carboxylic acids is 1. The molecule has 14 nitrogen and oxygen atoms in total. The first-order valence-electron chi connectivity index (χ1n) is 22.7. The average molecular weight is 906 g/mol. The molecule has 1 fully saturated rings. The van der Waals surface area contributed by atoms with Gasteiger partial charge in [0.1, 0.15) is 18.4 Å². The Balaban J connectivity index is 2.52. The summed E-state index contributed by atoms with van der Waals surface area (Å²) in [5, 5.41) is 29.7. The van der Waals surface area contributed by atoms with Crippen molar-refractivity contribution in [2.24, 2.45) is 17.6 Å². The van der Waals surface area contributed by atoms with E-state index in [2.05, 4.69) is 79.1 Å². The van der Waals surface area contributed by atoms with Crippen LogP contribution in [0.5, 0.6) is 0 Å². The smallest absolute Gasteiger partial charge is 0.472 e. The quantitative estimate of drug-likeness (QED) is 0.0170. The van der Waals surface area contributed by atoms with Gasteiger partial charge in [-0.1, -0.05) is 125 Å². The lowest BCUT2D eigenvalue weighted by Gasteiger charge is -2.20. The van der Waals surface area contributed by atoms with Gasteiger partial charge in [-0.05, 0) is 77.0 Å². The summed E-state index contributed by atoms with van der Waals surface area (Å²) in [7, 11) is -4.81. The molecule has 356 valence electrons. The highest BCUT2D eigenvalue weighted by molar-refractivity contribution is 7.47. The number of phosphoric ester groups is 1. The zero-order valence-corrected chi connectivity index (χ0v) is 38.5. The third-order valence-corrected chi connectivity index (χ3v) is 11.0. The molecule has 6 N–H and O–H groups in total. The summed E-state index contributed by atoms with van der Waals surface area (Å²) < 4.78 is 32.6. The Morgan fingerprint density at radius 1 is 0.762 bits per heavy atom. The van der Waals surface area contributed by atoms with Crippen LogP contribution in [0, 0.1) is 11.8 Å². The molecule has 0 aromatic carbocycles. The van der Waals surface area contributed by atoms with Crippen molar-refractivity contribution >= 4 is 31.5 Å². The molecule has 7 atom stereocenters. The highest BCUT2D eigenvalue weighted by atomic mass is 31.2. The van der Waals surface area contributed by atoms with Crippen LogP contribution in [0.15, 0.2) is 85.1 Å². The van der Waals surface area contributed by atoms with Crippen LogP contribution in [0.4, 0.5) is 0 Å². The number of aliphatic hydroxyl groups excluding tert-OH is 2. The third kappa shape index (κ3) is 30.9. The summed E-state index contributed by atoms with van der Waals surface area (Å²) in [6, 6.07) is -1.58. The van der Waals surface area contributed by atoms with Crippen LogP contribution in [0.25, 0.3) is 0 Å². The summed E-state index contributed by atoms with van der Waals surface area (Å²) in [5.74, 6) is -3.53. The molecule has 63 heavy (non-hydrogen) atoms. The zero-order chi connectivity index (χ0) is 46.6. The lowest BCUT2D eigenvalue weighted by atomic mass is 9.90. The van der Waals surface area contributed by atoms with E-state index in [9.17, 15) is 38.8 Å². The number of Topliss-reactive ketones (excluding diaryl/α,β-unsaturated/α-hetero) is 1. The first-order chi connectivity index (χ1) is 30.3. The van der Waals surface area contributed by atoms with Gasteiger partial charge in [-0.15, -0.1) is 0 Å². The molecule has 0 saturated heterocycles. The number of carbonyl (C=O) groups excluding carboxylic acids is 3. The molecule has 1 saturated carbocycles. The van der Waals surface area contributed by atoms with Gasteiger partial charge >= 0.3 is 25.7 Å². The van der Waals surface area contributed by atoms with Crippen LogP contribution in [0.1, 0.15) is 136 Å². The maximum absolute atomic E-state index is 12.7. The number of unbranched alkanes of at least 4 members (excludes halogenated alkanes) is 6. The van der Waals surface area contributed by atoms with Crippen LogP contribution in [0.2, 0.25) is 0 Å². The lowest BCUT2D eigenvalue weighted by molar-refractivity contribution is -0.161.